The summed E-state index contributed by atoms with van der Waals surface area (Å²) in [6, 6.07) is 10.3. The van der Waals surface area contributed by atoms with Crippen LogP contribution in [-0.4, -0.2) is 10.3 Å². The minimum Gasteiger partial charge on any atom is -0.168 e. The van der Waals surface area contributed by atoms with Crippen molar-refractivity contribution in [2.75, 3.05) is 0 Å². The molecule has 2 rings (SSSR count). The molecule has 0 unspecified atom stereocenters. The van der Waals surface area contributed by atoms with Gasteiger partial charge in [-0.25, -0.2) is 0 Å². The van der Waals surface area contributed by atoms with Crippen molar-refractivity contribution in [1.29, 1.82) is 0 Å². The fraction of sp³-hybridized carbons (Fsp3) is 0.273. The molecule has 0 fully saturated rings. The molecule has 0 amide bonds. The molecule has 0 radical (unpaired) electrons. The lowest BCUT2D eigenvalue weighted by Gasteiger charge is -1.93. The normalized spacial score (nSPS) is 10.4. The van der Waals surface area contributed by atoms with Gasteiger partial charge < -0.3 is 0 Å². The number of nitrogens with one attached hydrogen (secondary N) is 2. The molecule has 1 heterocycles. The smallest absolute Gasteiger partial charge is 0.168 e. The highest BCUT2D eigenvalue weighted by Gasteiger charge is 2.15. The van der Waals surface area contributed by atoms with E-state index in [2.05, 4.69) is 34.5 Å². The van der Waals surface area contributed by atoms with Crippen molar-refractivity contribution in [2.45, 2.75) is 19.8 Å². The Labute approximate surface area is 83.2 Å². The topological polar surface area (TPSA) is 42.8 Å². The Morgan fingerprint density at radius 3 is 2.79 bits per heavy atom. The molecule has 0 atom stereocenters. The highest BCUT2D eigenvalue weighted by Crippen LogP contribution is 2.17. The van der Waals surface area contributed by atoms with E-state index in [1.165, 1.54) is 5.56 Å². The second kappa shape index (κ2) is 4.05. The van der Waals surface area contributed by atoms with Crippen LogP contribution < -0.4 is 5.10 Å². The fourth-order valence-electron chi connectivity index (χ4n) is 1.54. The molecule has 3 heteroatoms. The molecular formula is C11H14N3+. The summed E-state index contributed by atoms with van der Waals surface area (Å²) in [6.07, 6.45) is 2.11. The molecule has 0 bridgehead atoms. The van der Waals surface area contributed by atoms with Crippen molar-refractivity contribution in [3.63, 3.8) is 0 Å². The SMILES string of the molecule is CCCc1n[nH][nH+]c1-c1ccccc1. The summed E-state index contributed by atoms with van der Waals surface area (Å²) in [5, 5.41) is 10.1. The van der Waals surface area contributed by atoms with Crippen LogP contribution in [0.4, 0.5) is 0 Å². The number of rotatable bonds is 3. The van der Waals surface area contributed by atoms with Crippen molar-refractivity contribution < 1.29 is 5.10 Å². The van der Waals surface area contributed by atoms with Crippen LogP contribution in [0.25, 0.3) is 11.3 Å². The summed E-state index contributed by atoms with van der Waals surface area (Å²) in [5.41, 5.74) is 3.40. The second-order valence-corrected chi connectivity index (χ2v) is 3.29. The molecule has 1 aromatic carbocycles. The molecule has 2 N–H and O–H groups in total. The van der Waals surface area contributed by atoms with Crippen LogP contribution in [0.3, 0.4) is 0 Å². The standard InChI is InChI=1S/C11H13N3/c1-2-6-10-11(13-14-12-10)9-7-4-3-5-8-9/h3-5,7-8H,2,6H2,1H3,(H,12,13,14)/p+1. The summed E-state index contributed by atoms with van der Waals surface area (Å²) in [5.74, 6) is 0. The van der Waals surface area contributed by atoms with Gasteiger partial charge in [0.05, 0.1) is 0 Å². The first-order valence-electron chi connectivity index (χ1n) is 4.92. The number of H-pyrrole nitrogens is 2. The van der Waals surface area contributed by atoms with Crippen LogP contribution >= 0.6 is 0 Å². The predicted molar refractivity (Wildman–Crippen MR) is 54.6 cm³/mol. The number of aromatic nitrogens is 3. The molecule has 3 nitrogen and oxygen atoms in total. The van der Waals surface area contributed by atoms with Crippen molar-refractivity contribution in [2.24, 2.45) is 0 Å². The van der Waals surface area contributed by atoms with Crippen LogP contribution in [0.1, 0.15) is 19.0 Å². The van der Waals surface area contributed by atoms with Gasteiger partial charge in [-0.3, -0.25) is 0 Å². The number of aryl methyl sites for hydroxylation is 1. The van der Waals surface area contributed by atoms with Crippen LogP contribution in [0.15, 0.2) is 30.3 Å². The molecule has 2 aromatic rings. The van der Waals surface area contributed by atoms with Gasteiger partial charge in [0.15, 0.2) is 0 Å². The van der Waals surface area contributed by atoms with Crippen LogP contribution in [0.5, 0.6) is 0 Å². The van der Waals surface area contributed by atoms with Gasteiger partial charge in [-0.2, -0.15) is 5.10 Å². The third-order valence-electron chi connectivity index (χ3n) is 2.21. The lowest BCUT2D eigenvalue weighted by atomic mass is 10.1. The number of benzene rings is 1. The van der Waals surface area contributed by atoms with Crippen LogP contribution in [0, 0.1) is 0 Å². The van der Waals surface area contributed by atoms with Gasteiger partial charge in [0.1, 0.15) is 0 Å². The Kier molecular flexibility index (Phi) is 2.58. The Bertz CT molecular complexity index is 392. The van der Waals surface area contributed by atoms with E-state index in [9.17, 15) is 0 Å². The highest BCUT2D eigenvalue weighted by molar-refractivity contribution is 5.57. The summed E-state index contributed by atoms with van der Waals surface area (Å²) >= 11 is 0. The zero-order valence-corrected chi connectivity index (χ0v) is 8.25. The predicted octanol–water partition coefficient (Wildman–Crippen LogP) is 1.84. The minimum atomic E-state index is 1.00. The number of hydrogen-bond donors (Lipinski definition) is 1. The lowest BCUT2D eigenvalue weighted by Crippen LogP contribution is -2.05. The van der Waals surface area contributed by atoms with E-state index in [4.69, 9.17) is 0 Å². The van der Waals surface area contributed by atoms with Gasteiger partial charge in [0.25, 0.3) is 0 Å². The van der Waals surface area contributed by atoms with Gasteiger partial charge in [-0.1, -0.05) is 42.5 Å². The first kappa shape index (κ1) is 8.94. The zero-order chi connectivity index (χ0) is 9.80. The maximum Gasteiger partial charge on any atom is 0.226 e. The summed E-state index contributed by atoms with van der Waals surface area (Å²) in [4.78, 5) is 0. The van der Waals surface area contributed by atoms with E-state index >= 15 is 0 Å². The Hall–Kier alpha value is -1.64. The van der Waals surface area contributed by atoms with Gasteiger partial charge in [0, 0.05) is 17.1 Å². The largest absolute Gasteiger partial charge is 0.226 e. The van der Waals surface area contributed by atoms with E-state index in [1.807, 2.05) is 18.2 Å². The molecule has 1 aromatic heterocycles. The average Bonchev–Trinajstić information content (AvgIpc) is 2.68. The first-order chi connectivity index (χ1) is 6.92. The van der Waals surface area contributed by atoms with Crippen molar-refractivity contribution >= 4 is 0 Å². The quantitative estimate of drug-likeness (QED) is 0.784. The molecule has 14 heavy (non-hydrogen) atoms. The number of hydrogen-bond acceptors (Lipinski definition) is 1. The summed E-state index contributed by atoms with van der Waals surface area (Å²) in [6.45, 7) is 2.16. The first-order valence-corrected chi connectivity index (χ1v) is 4.92. The lowest BCUT2D eigenvalue weighted by molar-refractivity contribution is -0.443. The Morgan fingerprint density at radius 1 is 1.29 bits per heavy atom. The van der Waals surface area contributed by atoms with Gasteiger partial charge in [-0.05, 0) is 6.42 Å². The van der Waals surface area contributed by atoms with E-state index < -0.39 is 0 Å². The van der Waals surface area contributed by atoms with Crippen LogP contribution in [0.2, 0.25) is 0 Å². The molecule has 0 aliphatic carbocycles. The minimum absolute atomic E-state index is 1.00. The highest BCUT2D eigenvalue weighted by atomic mass is 15.3. The van der Waals surface area contributed by atoms with Crippen molar-refractivity contribution in [3.8, 4) is 11.3 Å². The third-order valence-corrected chi connectivity index (χ3v) is 2.21. The van der Waals surface area contributed by atoms with Crippen molar-refractivity contribution in [1.82, 2.24) is 10.3 Å². The van der Waals surface area contributed by atoms with Gasteiger partial charge >= 0.3 is 0 Å². The van der Waals surface area contributed by atoms with E-state index in [0.717, 1.165) is 24.2 Å². The van der Waals surface area contributed by atoms with E-state index in [-0.39, 0.29) is 0 Å². The second-order valence-electron chi connectivity index (χ2n) is 3.29. The zero-order valence-electron chi connectivity index (χ0n) is 8.25. The monoisotopic (exact) mass is 188 g/mol. The summed E-state index contributed by atoms with van der Waals surface area (Å²) in [7, 11) is 0. The fourth-order valence-corrected chi connectivity index (χ4v) is 1.54. The number of nitrogens with zero attached hydrogens (tertiary/aromatic N) is 1. The molecule has 0 aliphatic heterocycles. The van der Waals surface area contributed by atoms with Crippen LogP contribution in [-0.2, 0) is 6.42 Å². The molecule has 0 spiro atoms. The van der Waals surface area contributed by atoms with Crippen molar-refractivity contribution in [3.05, 3.63) is 36.0 Å². The molecule has 0 saturated heterocycles. The average molecular weight is 188 g/mol. The maximum absolute atomic E-state index is 4.20. The molecule has 72 valence electrons. The Morgan fingerprint density at radius 2 is 2.07 bits per heavy atom. The van der Waals surface area contributed by atoms with Gasteiger partial charge in [0.2, 0.25) is 11.4 Å². The Balaban J connectivity index is 2.37. The molecular weight excluding hydrogens is 174 g/mol. The van der Waals surface area contributed by atoms with E-state index in [1.54, 1.807) is 0 Å². The number of aromatic amines is 2. The van der Waals surface area contributed by atoms with E-state index in [0.29, 0.717) is 0 Å². The third kappa shape index (κ3) is 1.66. The van der Waals surface area contributed by atoms with Gasteiger partial charge in [-0.15, -0.1) is 0 Å². The maximum atomic E-state index is 4.20. The molecule has 0 aliphatic rings. The molecule has 0 saturated carbocycles. The summed E-state index contributed by atoms with van der Waals surface area (Å²) < 4.78 is 0.